The lowest BCUT2D eigenvalue weighted by Crippen LogP contribution is -2.48. The smallest absolute Gasteiger partial charge is 0.191 e. The lowest BCUT2D eigenvalue weighted by Gasteiger charge is -2.35. The van der Waals surface area contributed by atoms with Crippen LogP contribution in [0.4, 0.5) is 0 Å². The normalized spacial score (nSPS) is 21.9. The van der Waals surface area contributed by atoms with Crippen LogP contribution in [-0.2, 0) is 11.2 Å². The highest BCUT2D eigenvalue weighted by molar-refractivity contribution is 5.80. The molecule has 0 aromatic carbocycles. The summed E-state index contributed by atoms with van der Waals surface area (Å²) >= 11 is 0. The molecule has 24 heavy (non-hydrogen) atoms. The molecule has 2 heterocycles. The number of guanidine groups is 1. The SMILES string of the molecule is CCNC(=NCCc1ccco1)NC1CCOC(C(CC)CC)C1. The number of furan rings is 1. The van der Waals surface area contributed by atoms with Crippen molar-refractivity contribution >= 4 is 5.96 Å². The van der Waals surface area contributed by atoms with Crippen LogP contribution in [0.1, 0.15) is 52.2 Å². The van der Waals surface area contributed by atoms with Crippen LogP contribution < -0.4 is 10.6 Å². The van der Waals surface area contributed by atoms with E-state index in [0.717, 1.165) is 50.7 Å². The van der Waals surface area contributed by atoms with E-state index in [1.165, 1.54) is 12.8 Å². The fourth-order valence-electron chi connectivity index (χ4n) is 3.35. The topological polar surface area (TPSA) is 58.8 Å². The second-order valence-corrected chi connectivity index (χ2v) is 6.44. The summed E-state index contributed by atoms with van der Waals surface area (Å²) in [4.78, 5) is 4.69. The van der Waals surface area contributed by atoms with E-state index in [9.17, 15) is 0 Å². The van der Waals surface area contributed by atoms with Gasteiger partial charge in [-0.05, 0) is 37.8 Å². The first-order valence-corrected chi connectivity index (χ1v) is 9.45. The van der Waals surface area contributed by atoms with Gasteiger partial charge in [0.25, 0.3) is 0 Å². The third kappa shape index (κ3) is 5.86. The van der Waals surface area contributed by atoms with Crippen molar-refractivity contribution in [2.45, 2.75) is 65.0 Å². The average Bonchev–Trinajstić information content (AvgIpc) is 3.10. The van der Waals surface area contributed by atoms with Gasteiger partial charge in [0.15, 0.2) is 5.96 Å². The van der Waals surface area contributed by atoms with Gasteiger partial charge in [-0.3, -0.25) is 4.99 Å². The first-order valence-electron chi connectivity index (χ1n) is 9.45. The first kappa shape index (κ1) is 18.8. The number of hydrogen-bond acceptors (Lipinski definition) is 3. The van der Waals surface area contributed by atoms with Gasteiger partial charge >= 0.3 is 0 Å². The molecule has 1 saturated heterocycles. The Hall–Kier alpha value is -1.49. The van der Waals surface area contributed by atoms with Crippen molar-refractivity contribution in [2.24, 2.45) is 10.9 Å². The molecule has 1 fully saturated rings. The van der Waals surface area contributed by atoms with Gasteiger partial charge in [-0.2, -0.15) is 0 Å². The van der Waals surface area contributed by atoms with Crippen molar-refractivity contribution in [3.8, 4) is 0 Å². The van der Waals surface area contributed by atoms with Crippen LogP contribution in [0.2, 0.25) is 0 Å². The Morgan fingerprint density at radius 3 is 2.83 bits per heavy atom. The number of nitrogens with zero attached hydrogens (tertiary/aromatic N) is 1. The fraction of sp³-hybridized carbons (Fsp3) is 0.737. The van der Waals surface area contributed by atoms with E-state index in [2.05, 4.69) is 36.4 Å². The summed E-state index contributed by atoms with van der Waals surface area (Å²) in [5.41, 5.74) is 0. The van der Waals surface area contributed by atoms with E-state index in [1.54, 1.807) is 6.26 Å². The first-order chi connectivity index (χ1) is 11.8. The van der Waals surface area contributed by atoms with E-state index < -0.39 is 0 Å². The number of hydrogen-bond donors (Lipinski definition) is 2. The highest BCUT2D eigenvalue weighted by Gasteiger charge is 2.27. The van der Waals surface area contributed by atoms with E-state index in [0.29, 0.717) is 18.1 Å². The van der Waals surface area contributed by atoms with Crippen molar-refractivity contribution in [3.63, 3.8) is 0 Å². The summed E-state index contributed by atoms with van der Waals surface area (Å²) in [6.07, 6.45) is 7.39. The molecule has 0 aliphatic carbocycles. The van der Waals surface area contributed by atoms with Gasteiger partial charge in [0.05, 0.1) is 12.4 Å². The van der Waals surface area contributed by atoms with Gasteiger partial charge < -0.3 is 19.8 Å². The largest absolute Gasteiger partial charge is 0.469 e. The Balaban J connectivity index is 1.86. The molecule has 2 unspecified atom stereocenters. The maximum absolute atomic E-state index is 6.01. The molecule has 0 bridgehead atoms. The Kier molecular flexibility index (Phi) is 8.16. The Bertz CT molecular complexity index is 469. The second kappa shape index (κ2) is 10.4. The van der Waals surface area contributed by atoms with Crippen LogP contribution in [0.15, 0.2) is 27.8 Å². The van der Waals surface area contributed by atoms with Crippen LogP contribution >= 0.6 is 0 Å². The lowest BCUT2D eigenvalue weighted by molar-refractivity contribution is -0.0324. The number of nitrogens with one attached hydrogen (secondary N) is 2. The van der Waals surface area contributed by atoms with Crippen LogP contribution in [0.3, 0.4) is 0 Å². The molecule has 2 rings (SSSR count). The Morgan fingerprint density at radius 1 is 1.33 bits per heavy atom. The minimum absolute atomic E-state index is 0.372. The molecule has 0 spiro atoms. The maximum Gasteiger partial charge on any atom is 0.191 e. The lowest BCUT2D eigenvalue weighted by atomic mass is 9.89. The highest BCUT2D eigenvalue weighted by Crippen LogP contribution is 2.25. The molecule has 1 aliphatic heterocycles. The summed E-state index contributed by atoms with van der Waals surface area (Å²) in [7, 11) is 0. The van der Waals surface area contributed by atoms with Gasteiger partial charge in [-0.1, -0.05) is 26.7 Å². The number of aliphatic imine (C=N–C) groups is 1. The van der Waals surface area contributed by atoms with Gasteiger partial charge in [-0.25, -0.2) is 0 Å². The molecular weight excluding hydrogens is 302 g/mol. The fourth-order valence-corrected chi connectivity index (χ4v) is 3.35. The van der Waals surface area contributed by atoms with Gasteiger partial charge in [-0.15, -0.1) is 0 Å². The zero-order chi connectivity index (χ0) is 17.2. The molecule has 136 valence electrons. The molecule has 0 radical (unpaired) electrons. The number of rotatable bonds is 8. The molecule has 2 atom stereocenters. The monoisotopic (exact) mass is 335 g/mol. The third-order valence-electron chi connectivity index (χ3n) is 4.78. The summed E-state index contributed by atoms with van der Waals surface area (Å²) in [5, 5.41) is 6.95. The zero-order valence-electron chi connectivity index (χ0n) is 15.4. The molecule has 0 saturated carbocycles. The van der Waals surface area contributed by atoms with E-state index in [-0.39, 0.29) is 0 Å². The highest BCUT2D eigenvalue weighted by atomic mass is 16.5. The Morgan fingerprint density at radius 2 is 2.17 bits per heavy atom. The van der Waals surface area contributed by atoms with E-state index >= 15 is 0 Å². The molecule has 1 aromatic rings. The molecule has 5 nitrogen and oxygen atoms in total. The van der Waals surface area contributed by atoms with Gasteiger partial charge in [0.2, 0.25) is 0 Å². The van der Waals surface area contributed by atoms with Crippen molar-refractivity contribution in [2.75, 3.05) is 19.7 Å². The van der Waals surface area contributed by atoms with Crippen LogP contribution in [0.25, 0.3) is 0 Å². The molecule has 1 aromatic heterocycles. The quantitative estimate of drug-likeness (QED) is 0.565. The standard InChI is InChI=1S/C19H33N3O2/c1-4-15(5-2)18-14-16(10-13-24-18)22-19(20-6-3)21-11-9-17-8-7-12-23-17/h7-8,12,15-16,18H,4-6,9-11,13-14H2,1-3H3,(H2,20,21,22). The Labute approximate surface area is 146 Å². The van der Waals surface area contributed by atoms with Crippen molar-refractivity contribution in [3.05, 3.63) is 24.2 Å². The van der Waals surface area contributed by atoms with Crippen molar-refractivity contribution in [1.82, 2.24) is 10.6 Å². The van der Waals surface area contributed by atoms with Crippen LogP contribution in [0.5, 0.6) is 0 Å². The molecule has 5 heteroatoms. The minimum atomic E-state index is 0.372. The van der Waals surface area contributed by atoms with Crippen molar-refractivity contribution in [1.29, 1.82) is 0 Å². The number of ether oxygens (including phenoxy) is 1. The zero-order valence-corrected chi connectivity index (χ0v) is 15.4. The van der Waals surface area contributed by atoms with Gasteiger partial charge in [0.1, 0.15) is 5.76 Å². The van der Waals surface area contributed by atoms with Crippen LogP contribution in [-0.4, -0.2) is 37.8 Å². The summed E-state index contributed by atoms with van der Waals surface area (Å²) in [6, 6.07) is 4.35. The van der Waals surface area contributed by atoms with E-state index in [4.69, 9.17) is 9.15 Å². The predicted octanol–water partition coefficient (Wildman–Crippen LogP) is 3.36. The second-order valence-electron chi connectivity index (χ2n) is 6.44. The summed E-state index contributed by atoms with van der Waals surface area (Å²) < 4.78 is 11.4. The van der Waals surface area contributed by atoms with Crippen LogP contribution in [0, 0.1) is 5.92 Å². The minimum Gasteiger partial charge on any atom is -0.469 e. The van der Waals surface area contributed by atoms with Gasteiger partial charge in [0, 0.05) is 32.2 Å². The molecule has 1 aliphatic rings. The molecule has 2 N–H and O–H groups in total. The van der Waals surface area contributed by atoms with Crippen molar-refractivity contribution < 1.29 is 9.15 Å². The third-order valence-corrected chi connectivity index (χ3v) is 4.78. The van der Waals surface area contributed by atoms with E-state index in [1.807, 2.05) is 12.1 Å². The summed E-state index contributed by atoms with van der Waals surface area (Å²) in [5.74, 6) is 2.54. The maximum atomic E-state index is 6.01. The summed E-state index contributed by atoms with van der Waals surface area (Å²) in [6.45, 7) is 9.04. The predicted molar refractivity (Wildman–Crippen MR) is 98.4 cm³/mol. The molecule has 0 amide bonds. The molecular formula is C19H33N3O2. The average molecular weight is 335 g/mol.